The second kappa shape index (κ2) is 62.2. The van der Waals surface area contributed by atoms with E-state index >= 15 is 0 Å². The maximum Gasteiger partial charge on any atom is 0.472 e. The van der Waals surface area contributed by atoms with Gasteiger partial charge in [-0.15, -0.1) is 0 Å². The maximum atomic E-state index is 13.0. The van der Waals surface area contributed by atoms with Gasteiger partial charge in [0, 0.05) is 25.7 Å². The van der Waals surface area contributed by atoms with Crippen LogP contribution in [-0.4, -0.2) is 96.7 Å². The fraction of sp³-hybridized carbons (Fsp3) is 0.831. The lowest BCUT2D eigenvalue weighted by Gasteiger charge is -2.21. The first-order valence-electron chi connectivity index (χ1n) is 35.7. The van der Waals surface area contributed by atoms with E-state index in [-0.39, 0.29) is 25.7 Å². The number of rotatable bonds is 66. The van der Waals surface area contributed by atoms with Gasteiger partial charge in [-0.3, -0.25) is 37.3 Å². The summed E-state index contributed by atoms with van der Waals surface area (Å²) in [5.41, 5.74) is 0. The molecule has 6 atom stereocenters. The van der Waals surface area contributed by atoms with Crippen LogP contribution in [0.5, 0.6) is 0 Å². The highest BCUT2D eigenvalue weighted by atomic mass is 31.2. The number of phosphoric ester groups is 2. The molecular weight excluding hydrogens is 1190 g/mol. The molecule has 0 aliphatic rings. The van der Waals surface area contributed by atoms with Crippen LogP contribution in [0.1, 0.15) is 311 Å². The molecule has 3 N–H and O–H groups in total. The lowest BCUT2D eigenvalue weighted by molar-refractivity contribution is -0.161. The maximum absolute atomic E-state index is 13.0. The predicted octanol–water partition coefficient (Wildman–Crippen LogP) is 19.5. The first kappa shape index (κ1) is 87.0. The minimum atomic E-state index is -4.97. The molecule has 0 saturated heterocycles. The van der Waals surface area contributed by atoms with Gasteiger partial charge < -0.3 is 33.8 Å². The van der Waals surface area contributed by atoms with E-state index in [0.717, 1.165) is 134 Å². The summed E-state index contributed by atoms with van der Waals surface area (Å²) in [4.78, 5) is 72.5. The van der Waals surface area contributed by atoms with Gasteiger partial charge in [0.05, 0.1) is 26.4 Å². The number of aliphatic hydroxyl groups excluding tert-OH is 1. The van der Waals surface area contributed by atoms with E-state index in [0.29, 0.717) is 31.6 Å². The minimum absolute atomic E-state index is 0.0776. The van der Waals surface area contributed by atoms with Gasteiger partial charge in [0.1, 0.15) is 19.3 Å². The van der Waals surface area contributed by atoms with Crippen molar-refractivity contribution in [3.63, 3.8) is 0 Å². The van der Waals surface area contributed by atoms with Crippen LogP contribution in [-0.2, 0) is 65.4 Å². The van der Waals surface area contributed by atoms with Gasteiger partial charge in [0.2, 0.25) is 0 Å². The summed E-state index contributed by atoms with van der Waals surface area (Å²) in [7, 11) is -9.93. The molecule has 0 amide bonds. The molecule has 0 aromatic heterocycles. The number of ether oxygens (including phenoxy) is 4. The second-order valence-corrected chi connectivity index (χ2v) is 27.9. The normalized spacial score (nSPS) is 14.8. The van der Waals surface area contributed by atoms with Crippen LogP contribution < -0.4 is 0 Å². The summed E-state index contributed by atoms with van der Waals surface area (Å²) >= 11 is 0. The molecule has 0 saturated carbocycles. The predicted molar refractivity (Wildman–Crippen MR) is 363 cm³/mol. The Labute approximate surface area is 547 Å². The molecule has 4 unspecified atom stereocenters. The van der Waals surface area contributed by atoms with Crippen LogP contribution in [0.4, 0.5) is 0 Å². The molecule has 0 rings (SSSR count). The Bertz CT molecular complexity index is 1940. The Morgan fingerprint density at radius 2 is 0.656 bits per heavy atom. The van der Waals surface area contributed by atoms with E-state index in [2.05, 4.69) is 90.2 Å². The number of hydrogen-bond donors (Lipinski definition) is 3. The van der Waals surface area contributed by atoms with Gasteiger partial charge in [-0.05, 0) is 88.9 Å². The number of hydrogen-bond acceptors (Lipinski definition) is 15. The summed E-state index contributed by atoms with van der Waals surface area (Å²) in [5.74, 6) is -0.771. The quantitative estimate of drug-likeness (QED) is 0.0169. The van der Waals surface area contributed by atoms with Gasteiger partial charge >= 0.3 is 39.5 Å². The van der Waals surface area contributed by atoms with Crippen LogP contribution in [0.2, 0.25) is 0 Å². The van der Waals surface area contributed by atoms with Crippen LogP contribution >= 0.6 is 15.6 Å². The van der Waals surface area contributed by atoms with Crippen LogP contribution in [0.15, 0.2) is 48.6 Å². The number of unbranched alkanes of at least 4 members (excludes halogenated alkanes) is 29. The van der Waals surface area contributed by atoms with E-state index in [1.54, 1.807) is 0 Å². The summed E-state index contributed by atoms with van der Waals surface area (Å²) in [5, 5.41) is 10.6. The fourth-order valence-corrected chi connectivity index (χ4v) is 11.2. The Morgan fingerprint density at radius 3 is 0.989 bits per heavy atom. The lowest BCUT2D eigenvalue weighted by atomic mass is 10.00. The third kappa shape index (κ3) is 62.5. The van der Waals surface area contributed by atoms with Crippen molar-refractivity contribution < 1.29 is 80.2 Å². The molecule has 90 heavy (non-hydrogen) atoms. The van der Waals surface area contributed by atoms with E-state index in [4.69, 9.17) is 37.0 Å². The molecule has 526 valence electrons. The van der Waals surface area contributed by atoms with E-state index in [1.165, 1.54) is 89.9 Å². The smallest absolute Gasteiger partial charge is 0.462 e. The van der Waals surface area contributed by atoms with E-state index < -0.39 is 97.5 Å². The molecule has 17 nitrogen and oxygen atoms in total. The van der Waals surface area contributed by atoms with Crippen LogP contribution in [0.25, 0.3) is 0 Å². The van der Waals surface area contributed by atoms with Gasteiger partial charge in [-0.25, -0.2) is 9.13 Å². The molecule has 0 heterocycles. The Morgan fingerprint density at radius 1 is 0.367 bits per heavy atom. The average molecular weight is 1320 g/mol. The standard InChI is InChI=1S/C71H130O17P2/c1-7-10-12-14-16-18-20-22-24-26-28-30-34-41-47-53-68(73)81-59-66(87-70(75)55-49-43-35-31-29-27-25-23-21-19-17-15-13-11-8-2)61-85-89(77,78)83-57-65(72)58-84-90(79,80)86-62-67(88-71(76)56-50-44-38-37-40-46-52-64(6)9-3)60-82-69(74)54-48-42-36-32-33-39-45-51-63(4)5/h18-25,63-67,72H,7-17,26-62H2,1-6H3,(H,77,78)(H,79,80)/b20-18-,21-19-,24-22-,25-23-/t64?,65?,66-,67-/m1/s1. The molecule has 0 fully saturated rings. The Balaban J connectivity index is 5.32. The zero-order valence-corrected chi connectivity index (χ0v) is 59.2. The van der Waals surface area contributed by atoms with Crippen molar-refractivity contribution in [2.45, 2.75) is 330 Å². The second-order valence-electron chi connectivity index (χ2n) is 25.0. The molecular formula is C71H130O17P2. The monoisotopic (exact) mass is 1320 g/mol. The first-order valence-corrected chi connectivity index (χ1v) is 38.7. The highest BCUT2D eigenvalue weighted by Crippen LogP contribution is 2.45. The number of aliphatic hydroxyl groups is 1. The lowest BCUT2D eigenvalue weighted by Crippen LogP contribution is -2.30. The van der Waals surface area contributed by atoms with Crippen molar-refractivity contribution >= 4 is 39.5 Å². The molecule has 0 aliphatic heterocycles. The fourth-order valence-electron chi connectivity index (χ4n) is 9.66. The number of carbonyl (C=O) groups excluding carboxylic acids is 4. The zero-order chi connectivity index (χ0) is 66.5. The van der Waals surface area contributed by atoms with Crippen molar-refractivity contribution in [2.75, 3.05) is 39.6 Å². The molecule has 0 spiro atoms. The van der Waals surface area contributed by atoms with Crippen molar-refractivity contribution in [2.24, 2.45) is 11.8 Å². The largest absolute Gasteiger partial charge is 0.472 e. The highest BCUT2D eigenvalue weighted by molar-refractivity contribution is 7.47. The minimum Gasteiger partial charge on any atom is -0.462 e. The van der Waals surface area contributed by atoms with Gasteiger partial charge in [-0.1, -0.05) is 257 Å². The summed E-state index contributed by atoms with van der Waals surface area (Å²) in [6.45, 7) is 9.30. The summed E-state index contributed by atoms with van der Waals surface area (Å²) in [6.07, 6.45) is 53.1. The van der Waals surface area contributed by atoms with Crippen molar-refractivity contribution in [1.29, 1.82) is 0 Å². The number of esters is 4. The molecule has 0 radical (unpaired) electrons. The molecule has 19 heteroatoms. The van der Waals surface area contributed by atoms with Gasteiger partial charge in [0.15, 0.2) is 12.2 Å². The third-order valence-corrected chi connectivity index (χ3v) is 17.5. The van der Waals surface area contributed by atoms with Crippen molar-refractivity contribution in [3.05, 3.63) is 48.6 Å². The molecule has 0 aromatic rings. The topological polar surface area (TPSA) is 237 Å². The molecule has 0 aliphatic carbocycles. The van der Waals surface area contributed by atoms with E-state index in [9.17, 15) is 43.2 Å². The van der Waals surface area contributed by atoms with Crippen molar-refractivity contribution in [1.82, 2.24) is 0 Å². The SMILES string of the molecule is CCCCCC/C=C\C=C/CCCCCCCC(=O)OC[C@H](COP(=O)(O)OCC(O)COP(=O)(O)OC[C@@H](COC(=O)CCCCCCCCCC(C)C)OC(=O)CCCCCCCCC(C)CC)OC(=O)CCCCCCC/C=C\C=C/CCCCCC. The average Bonchev–Trinajstić information content (AvgIpc) is 3.54. The van der Waals surface area contributed by atoms with E-state index in [1.807, 2.05) is 0 Å². The van der Waals surface area contributed by atoms with Gasteiger partial charge in [-0.2, -0.15) is 0 Å². The highest BCUT2D eigenvalue weighted by Gasteiger charge is 2.30. The first-order chi connectivity index (χ1) is 43.4. The van der Waals surface area contributed by atoms with Gasteiger partial charge in [0.25, 0.3) is 0 Å². The third-order valence-electron chi connectivity index (χ3n) is 15.6. The van der Waals surface area contributed by atoms with Crippen LogP contribution in [0, 0.1) is 11.8 Å². The molecule has 0 aromatic carbocycles. The zero-order valence-electron chi connectivity index (χ0n) is 57.4. The number of carbonyl (C=O) groups is 4. The van der Waals surface area contributed by atoms with Crippen molar-refractivity contribution in [3.8, 4) is 0 Å². The summed E-state index contributed by atoms with van der Waals surface area (Å²) in [6, 6.07) is 0. The number of allylic oxidation sites excluding steroid dienone is 8. The number of phosphoric acid groups is 2. The van der Waals surface area contributed by atoms with Crippen LogP contribution in [0.3, 0.4) is 0 Å². The Hall–Kier alpha value is -2.98. The molecule has 0 bridgehead atoms. The summed E-state index contributed by atoms with van der Waals surface area (Å²) < 4.78 is 68.2. The Kier molecular flexibility index (Phi) is 60.1.